The van der Waals surface area contributed by atoms with Crippen LogP contribution in [-0.4, -0.2) is 21.0 Å². The largest absolute Gasteiger partial charge is 0.481 e. The number of benzene rings is 1. The average Bonchev–Trinajstić information content (AvgIpc) is 2.71. The highest BCUT2D eigenvalue weighted by atomic mass is 79.9. The highest BCUT2D eigenvalue weighted by Crippen LogP contribution is 2.28. The summed E-state index contributed by atoms with van der Waals surface area (Å²) in [7, 11) is 0. The molecular weight excluding hydrogens is 308 g/mol. The van der Waals surface area contributed by atoms with E-state index in [2.05, 4.69) is 25.9 Å². The molecule has 2 rings (SSSR count). The van der Waals surface area contributed by atoms with Crippen LogP contribution in [0.5, 0.6) is 0 Å². The van der Waals surface area contributed by atoms with E-state index in [1.807, 2.05) is 32.0 Å². The molecule has 0 aliphatic heterocycles. The van der Waals surface area contributed by atoms with Crippen LogP contribution in [0.3, 0.4) is 0 Å². The second-order valence-corrected chi connectivity index (χ2v) is 5.43. The number of nitrogens with zero attached hydrogens (tertiary/aromatic N) is 1. The van der Waals surface area contributed by atoms with Crippen molar-refractivity contribution in [2.45, 2.75) is 26.7 Å². The van der Waals surface area contributed by atoms with Gasteiger partial charge in [0.1, 0.15) is 5.82 Å². The summed E-state index contributed by atoms with van der Waals surface area (Å²) in [6.45, 7) is 3.99. The van der Waals surface area contributed by atoms with Gasteiger partial charge in [0.2, 0.25) is 0 Å². The van der Waals surface area contributed by atoms with Crippen LogP contribution in [0.4, 0.5) is 0 Å². The molecule has 0 fully saturated rings. The molecule has 0 spiro atoms. The van der Waals surface area contributed by atoms with E-state index in [0.29, 0.717) is 12.2 Å². The Hall–Kier alpha value is -1.62. The number of aromatic nitrogens is 2. The number of halogens is 1. The Bertz CT molecular complexity index is 620. The Morgan fingerprint density at radius 1 is 1.42 bits per heavy atom. The molecule has 0 saturated heterocycles. The Morgan fingerprint density at radius 2 is 2.16 bits per heavy atom. The van der Waals surface area contributed by atoms with Crippen molar-refractivity contribution < 1.29 is 9.90 Å². The highest BCUT2D eigenvalue weighted by molar-refractivity contribution is 9.10. The maximum absolute atomic E-state index is 10.6. The van der Waals surface area contributed by atoms with Crippen molar-refractivity contribution in [3.8, 4) is 11.3 Å². The van der Waals surface area contributed by atoms with Crippen molar-refractivity contribution in [3.05, 3.63) is 39.8 Å². The fraction of sp³-hybridized carbons (Fsp3) is 0.286. The van der Waals surface area contributed by atoms with Crippen LogP contribution in [0.1, 0.15) is 23.5 Å². The van der Waals surface area contributed by atoms with Crippen LogP contribution in [0.2, 0.25) is 0 Å². The van der Waals surface area contributed by atoms with Crippen molar-refractivity contribution in [2.75, 3.05) is 0 Å². The number of hydrogen-bond donors (Lipinski definition) is 2. The molecule has 4 nitrogen and oxygen atoms in total. The van der Waals surface area contributed by atoms with Gasteiger partial charge in [-0.05, 0) is 31.5 Å². The van der Waals surface area contributed by atoms with Crippen molar-refractivity contribution in [2.24, 2.45) is 0 Å². The molecule has 1 heterocycles. The summed E-state index contributed by atoms with van der Waals surface area (Å²) in [5.41, 5.74) is 4.05. The van der Waals surface area contributed by atoms with E-state index in [-0.39, 0.29) is 6.42 Å². The topological polar surface area (TPSA) is 66.0 Å². The zero-order valence-corrected chi connectivity index (χ0v) is 12.4. The van der Waals surface area contributed by atoms with Gasteiger partial charge in [0.15, 0.2) is 0 Å². The zero-order chi connectivity index (χ0) is 14.0. The molecular formula is C14H15BrN2O2. The number of aromatic amines is 1. The van der Waals surface area contributed by atoms with Crippen LogP contribution >= 0.6 is 15.9 Å². The third-order valence-corrected chi connectivity index (χ3v) is 3.46. The fourth-order valence-electron chi connectivity index (χ4n) is 1.98. The molecule has 0 atom stereocenters. The Kier molecular flexibility index (Phi) is 4.04. The molecule has 0 saturated carbocycles. The molecule has 0 aliphatic carbocycles. The lowest BCUT2D eigenvalue weighted by Crippen LogP contribution is -1.98. The number of hydrogen-bond acceptors (Lipinski definition) is 2. The number of imidazole rings is 1. The minimum absolute atomic E-state index is 0.0872. The van der Waals surface area contributed by atoms with Crippen LogP contribution < -0.4 is 0 Å². The van der Waals surface area contributed by atoms with Gasteiger partial charge in [-0.1, -0.05) is 22.0 Å². The van der Waals surface area contributed by atoms with E-state index in [1.165, 1.54) is 0 Å². The van der Waals surface area contributed by atoms with Gasteiger partial charge < -0.3 is 10.1 Å². The molecule has 0 bridgehead atoms. The van der Waals surface area contributed by atoms with Crippen LogP contribution in [0.25, 0.3) is 11.3 Å². The Labute approximate surface area is 120 Å². The first-order chi connectivity index (χ1) is 8.97. The van der Waals surface area contributed by atoms with E-state index < -0.39 is 5.97 Å². The van der Waals surface area contributed by atoms with Gasteiger partial charge in [-0.2, -0.15) is 0 Å². The SMILES string of the molecule is Cc1ccc(Br)cc1-c1nc(CCC(=O)O)[nH]c1C. The summed E-state index contributed by atoms with van der Waals surface area (Å²) in [4.78, 5) is 18.3. The molecule has 0 unspecified atom stereocenters. The lowest BCUT2D eigenvalue weighted by molar-refractivity contribution is -0.137. The summed E-state index contributed by atoms with van der Waals surface area (Å²) in [6, 6.07) is 6.05. The summed E-state index contributed by atoms with van der Waals surface area (Å²) in [5.74, 6) is -0.0940. The van der Waals surface area contributed by atoms with E-state index in [9.17, 15) is 4.79 Å². The van der Waals surface area contributed by atoms with Crippen LogP contribution in [-0.2, 0) is 11.2 Å². The third kappa shape index (κ3) is 3.23. The van der Waals surface area contributed by atoms with E-state index in [1.54, 1.807) is 0 Å². The standard InChI is InChI=1S/C14H15BrN2O2/c1-8-3-4-10(15)7-11(8)14-9(2)16-12(17-14)5-6-13(18)19/h3-4,7H,5-6H2,1-2H3,(H,16,17)(H,18,19). The van der Waals surface area contributed by atoms with Gasteiger partial charge in [-0.25, -0.2) is 4.98 Å². The molecule has 5 heteroatoms. The molecule has 2 aromatic rings. The molecule has 19 heavy (non-hydrogen) atoms. The minimum atomic E-state index is -0.811. The molecule has 1 aromatic carbocycles. The van der Waals surface area contributed by atoms with Gasteiger partial charge >= 0.3 is 5.97 Å². The summed E-state index contributed by atoms with van der Waals surface area (Å²) in [5, 5.41) is 8.70. The predicted molar refractivity (Wildman–Crippen MR) is 77.2 cm³/mol. The first kappa shape index (κ1) is 13.8. The second-order valence-electron chi connectivity index (χ2n) is 4.51. The first-order valence-electron chi connectivity index (χ1n) is 6.01. The Balaban J connectivity index is 2.34. The van der Waals surface area contributed by atoms with Crippen molar-refractivity contribution in [1.29, 1.82) is 0 Å². The first-order valence-corrected chi connectivity index (χ1v) is 6.80. The molecule has 0 radical (unpaired) electrons. The maximum atomic E-state index is 10.6. The second kappa shape index (κ2) is 5.57. The monoisotopic (exact) mass is 322 g/mol. The number of aliphatic carboxylic acids is 1. The van der Waals surface area contributed by atoms with E-state index in [4.69, 9.17) is 5.11 Å². The van der Waals surface area contributed by atoms with Crippen LogP contribution in [0, 0.1) is 13.8 Å². The molecule has 100 valence electrons. The summed E-state index contributed by atoms with van der Waals surface area (Å²) < 4.78 is 1.00. The summed E-state index contributed by atoms with van der Waals surface area (Å²) in [6.07, 6.45) is 0.507. The lowest BCUT2D eigenvalue weighted by Gasteiger charge is -2.04. The zero-order valence-electron chi connectivity index (χ0n) is 10.8. The third-order valence-electron chi connectivity index (χ3n) is 2.96. The van der Waals surface area contributed by atoms with Gasteiger partial charge in [0.05, 0.1) is 12.1 Å². The number of nitrogens with one attached hydrogen (secondary N) is 1. The molecule has 1 aromatic heterocycles. The number of rotatable bonds is 4. The van der Waals surface area contributed by atoms with Crippen molar-refractivity contribution in [3.63, 3.8) is 0 Å². The van der Waals surface area contributed by atoms with Crippen LogP contribution in [0.15, 0.2) is 22.7 Å². The molecule has 0 amide bonds. The number of H-pyrrole nitrogens is 1. The van der Waals surface area contributed by atoms with E-state index in [0.717, 1.165) is 27.0 Å². The number of carboxylic acids is 1. The molecule has 2 N–H and O–H groups in total. The summed E-state index contributed by atoms with van der Waals surface area (Å²) >= 11 is 3.46. The fourth-order valence-corrected chi connectivity index (χ4v) is 2.34. The van der Waals surface area contributed by atoms with Gasteiger partial charge in [0.25, 0.3) is 0 Å². The maximum Gasteiger partial charge on any atom is 0.303 e. The lowest BCUT2D eigenvalue weighted by atomic mass is 10.1. The number of carboxylic acid groups (broad SMARTS) is 1. The minimum Gasteiger partial charge on any atom is -0.481 e. The van der Waals surface area contributed by atoms with Gasteiger partial charge in [0, 0.05) is 22.2 Å². The molecule has 0 aliphatic rings. The average molecular weight is 323 g/mol. The predicted octanol–water partition coefficient (Wildman–Crippen LogP) is 3.47. The van der Waals surface area contributed by atoms with Gasteiger partial charge in [-0.3, -0.25) is 4.79 Å². The normalized spacial score (nSPS) is 10.7. The van der Waals surface area contributed by atoms with Crippen molar-refractivity contribution >= 4 is 21.9 Å². The Morgan fingerprint density at radius 3 is 2.84 bits per heavy atom. The highest BCUT2D eigenvalue weighted by Gasteiger charge is 2.12. The van der Waals surface area contributed by atoms with E-state index >= 15 is 0 Å². The number of aryl methyl sites for hydroxylation is 3. The number of carbonyl (C=O) groups is 1. The van der Waals surface area contributed by atoms with Crippen molar-refractivity contribution in [1.82, 2.24) is 9.97 Å². The van der Waals surface area contributed by atoms with Gasteiger partial charge in [-0.15, -0.1) is 0 Å². The smallest absolute Gasteiger partial charge is 0.303 e. The quantitative estimate of drug-likeness (QED) is 0.905.